The Kier molecular flexibility index (Phi) is 3.53. The lowest BCUT2D eigenvalue weighted by Gasteiger charge is -2.39. The summed E-state index contributed by atoms with van der Waals surface area (Å²) in [7, 11) is 1.82. The third-order valence-corrected chi connectivity index (χ3v) is 2.88. The number of methoxy groups -OCH3 is 1. The van der Waals surface area contributed by atoms with Crippen LogP contribution in [-0.4, -0.2) is 36.7 Å². The average Bonchev–Trinajstić information content (AvgIpc) is 2.03. The second-order valence-electron chi connectivity index (χ2n) is 4.06. The van der Waals surface area contributed by atoms with Gasteiger partial charge in [0.25, 0.3) is 0 Å². The molecule has 2 nitrogen and oxygen atoms in total. The number of hydrogen-bond acceptors (Lipinski definition) is 2. The van der Waals surface area contributed by atoms with Crippen LogP contribution in [0.1, 0.15) is 33.6 Å². The Morgan fingerprint density at radius 3 is 2.50 bits per heavy atom. The van der Waals surface area contributed by atoms with Gasteiger partial charge in [0.1, 0.15) is 0 Å². The normalized spacial score (nSPS) is 32.8. The lowest BCUT2D eigenvalue weighted by molar-refractivity contribution is 0.00464. The Balaban J connectivity index is 2.42. The van der Waals surface area contributed by atoms with Gasteiger partial charge in [0.15, 0.2) is 0 Å². The Labute approximate surface area is 75.9 Å². The Morgan fingerprint density at radius 1 is 1.42 bits per heavy atom. The van der Waals surface area contributed by atoms with Gasteiger partial charge in [0, 0.05) is 25.7 Å². The van der Waals surface area contributed by atoms with Crippen molar-refractivity contribution < 1.29 is 4.74 Å². The maximum absolute atomic E-state index is 5.36. The molecule has 0 saturated carbocycles. The summed E-state index contributed by atoms with van der Waals surface area (Å²) in [4.78, 5) is 2.55. The number of nitrogens with zero attached hydrogens (tertiary/aromatic N) is 1. The van der Waals surface area contributed by atoms with Crippen molar-refractivity contribution in [2.45, 2.75) is 51.8 Å². The largest absolute Gasteiger partial charge is 0.381 e. The van der Waals surface area contributed by atoms with Crippen molar-refractivity contribution >= 4 is 0 Å². The highest BCUT2D eigenvalue weighted by Gasteiger charge is 2.26. The fourth-order valence-corrected chi connectivity index (χ4v) is 2.13. The van der Waals surface area contributed by atoms with Crippen LogP contribution < -0.4 is 0 Å². The van der Waals surface area contributed by atoms with E-state index in [1.165, 1.54) is 19.4 Å². The molecule has 1 fully saturated rings. The van der Waals surface area contributed by atoms with Gasteiger partial charge in [-0.1, -0.05) is 0 Å². The summed E-state index contributed by atoms with van der Waals surface area (Å²) in [5, 5.41) is 0. The quantitative estimate of drug-likeness (QED) is 0.629. The Hall–Kier alpha value is -0.0800. The zero-order chi connectivity index (χ0) is 9.14. The molecule has 0 amide bonds. The predicted octanol–water partition coefficient (Wildman–Crippen LogP) is 1.89. The van der Waals surface area contributed by atoms with Crippen LogP contribution in [0.5, 0.6) is 0 Å². The van der Waals surface area contributed by atoms with E-state index < -0.39 is 0 Å². The molecule has 0 spiro atoms. The molecular weight excluding hydrogens is 150 g/mol. The summed E-state index contributed by atoms with van der Waals surface area (Å²) in [6, 6.07) is 1.36. The van der Waals surface area contributed by atoms with Crippen molar-refractivity contribution in [1.82, 2.24) is 4.90 Å². The van der Waals surface area contributed by atoms with Gasteiger partial charge >= 0.3 is 0 Å². The highest BCUT2D eigenvalue weighted by Crippen LogP contribution is 2.20. The Morgan fingerprint density at radius 2 is 2.08 bits per heavy atom. The fourth-order valence-electron chi connectivity index (χ4n) is 2.13. The average molecular weight is 171 g/mol. The minimum atomic E-state index is 0.495. The summed E-state index contributed by atoms with van der Waals surface area (Å²) in [6.07, 6.45) is 2.88. The molecule has 1 rings (SSSR count). The maximum Gasteiger partial charge on any atom is 0.0598 e. The molecule has 0 aromatic carbocycles. The molecule has 0 aromatic heterocycles. The zero-order valence-corrected chi connectivity index (χ0v) is 8.71. The molecule has 1 aliphatic rings. The van der Waals surface area contributed by atoms with Crippen LogP contribution >= 0.6 is 0 Å². The first-order valence-corrected chi connectivity index (χ1v) is 4.93. The molecule has 0 unspecified atom stereocenters. The van der Waals surface area contributed by atoms with Gasteiger partial charge in [-0.15, -0.1) is 0 Å². The van der Waals surface area contributed by atoms with Crippen molar-refractivity contribution in [2.75, 3.05) is 13.7 Å². The molecule has 0 bridgehead atoms. The molecule has 12 heavy (non-hydrogen) atoms. The monoisotopic (exact) mass is 171 g/mol. The number of ether oxygens (including phenoxy) is 1. The highest BCUT2D eigenvalue weighted by atomic mass is 16.5. The van der Waals surface area contributed by atoms with Crippen molar-refractivity contribution in [3.05, 3.63) is 0 Å². The van der Waals surface area contributed by atoms with Gasteiger partial charge in [-0.3, -0.25) is 4.90 Å². The third kappa shape index (κ3) is 2.20. The lowest BCUT2D eigenvalue weighted by Crippen LogP contribution is -2.46. The van der Waals surface area contributed by atoms with Crippen LogP contribution in [0.15, 0.2) is 0 Å². The third-order valence-electron chi connectivity index (χ3n) is 2.88. The van der Waals surface area contributed by atoms with Crippen molar-refractivity contribution in [3.8, 4) is 0 Å². The highest BCUT2D eigenvalue weighted by molar-refractivity contribution is 4.80. The van der Waals surface area contributed by atoms with Gasteiger partial charge in [0.2, 0.25) is 0 Å². The minimum Gasteiger partial charge on any atom is -0.381 e. The molecule has 0 N–H and O–H groups in total. The second kappa shape index (κ2) is 4.24. The number of likely N-dealkylation sites (tertiary alicyclic amines) is 1. The second-order valence-corrected chi connectivity index (χ2v) is 4.06. The molecule has 2 heteroatoms. The van der Waals surface area contributed by atoms with E-state index >= 15 is 0 Å². The van der Waals surface area contributed by atoms with E-state index in [2.05, 4.69) is 25.7 Å². The van der Waals surface area contributed by atoms with Crippen LogP contribution in [0.25, 0.3) is 0 Å². The Bertz CT molecular complexity index is 136. The first-order chi connectivity index (χ1) is 5.65. The van der Waals surface area contributed by atoms with Crippen molar-refractivity contribution in [1.29, 1.82) is 0 Å². The van der Waals surface area contributed by atoms with E-state index in [4.69, 9.17) is 4.74 Å². The first kappa shape index (κ1) is 10.0. The van der Waals surface area contributed by atoms with E-state index in [-0.39, 0.29) is 0 Å². The summed E-state index contributed by atoms with van der Waals surface area (Å²) < 4.78 is 5.36. The minimum absolute atomic E-state index is 0.495. The van der Waals surface area contributed by atoms with E-state index in [1.54, 1.807) is 0 Å². The first-order valence-electron chi connectivity index (χ1n) is 4.93. The SMILES string of the molecule is CO[C@H]1CCN(C(C)C)[C@@H](C)C1. The summed E-state index contributed by atoms with van der Waals surface area (Å²) in [6.45, 7) is 8.02. The van der Waals surface area contributed by atoms with E-state index in [1.807, 2.05) is 7.11 Å². The van der Waals surface area contributed by atoms with Gasteiger partial charge < -0.3 is 4.74 Å². The number of hydrogen-bond donors (Lipinski definition) is 0. The van der Waals surface area contributed by atoms with E-state index in [0.29, 0.717) is 18.2 Å². The van der Waals surface area contributed by atoms with Gasteiger partial charge in [-0.05, 0) is 33.6 Å². The van der Waals surface area contributed by atoms with Crippen LogP contribution in [0.3, 0.4) is 0 Å². The van der Waals surface area contributed by atoms with Crippen LogP contribution in [0.2, 0.25) is 0 Å². The number of piperidine rings is 1. The molecule has 1 saturated heterocycles. The van der Waals surface area contributed by atoms with Crippen molar-refractivity contribution in [3.63, 3.8) is 0 Å². The van der Waals surface area contributed by atoms with Crippen molar-refractivity contribution in [2.24, 2.45) is 0 Å². The summed E-state index contributed by atoms with van der Waals surface area (Å²) >= 11 is 0. The van der Waals surface area contributed by atoms with Gasteiger partial charge in [0.05, 0.1) is 6.10 Å². The van der Waals surface area contributed by atoms with Crippen LogP contribution in [0, 0.1) is 0 Å². The zero-order valence-electron chi connectivity index (χ0n) is 8.71. The summed E-state index contributed by atoms with van der Waals surface area (Å²) in [5.74, 6) is 0. The van der Waals surface area contributed by atoms with Gasteiger partial charge in [-0.25, -0.2) is 0 Å². The van der Waals surface area contributed by atoms with Crippen LogP contribution in [0.4, 0.5) is 0 Å². The van der Waals surface area contributed by atoms with E-state index in [0.717, 1.165) is 0 Å². The van der Waals surface area contributed by atoms with Gasteiger partial charge in [-0.2, -0.15) is 0 Å². The topological polar surface area (TPSA) is 12.5 Å². The fraction of sp³-hybridized carbons (Fsp3) is 1.00. The molecule has 0 radical (unpaired) electrons. The molecule has 0 aromatic rings. The number of rotatable bonds is 2. The van der Waals surface area contributed by atoms with E-state index in [9.17, 15) is 0 Å². The molecule has 72 valence electrons. The maximum atomic E-state index is 5.36. The molecule has 1 heterocycles. The standard InChI is InChI=1S/C10H21NO/c1-8(2)11-6-5-10(12-4)7-9(11)3/h8-10H,5-7H2,1-4H3/t9-,10-/m0/s1. The predicted molar refractivity (Wildman–Crippen MR) is 51.3 cm³/mol. The molecular formula is C10H21NO. The van der Waals surface area contributed by atoms with Crippen LogP contribution in [-0.2, 0) is 4.74 Å². The lowest BCUT2D eigenvalue weighted by atomic mass is 9.99. The molecule has 1 aliphatic heterocycles. The molecule has 2 atom stereocenters. The molecule has 0 aliphatic carbocycles. The summed E-state index contributed by atoms with van der Waals surface area (Å²) in [5.41, 5.74) is 0. The smallest absolute Gasteiger partial charge is 0.0598 e.